The fourth-order valence-electron chi connectivity index (χ4n) is 10.1. The van der Waals surface area contributed by atoms with Crippen LogP contribution in [-0.2, 0) is 26.3 Å². The van der Waals surface area contributed by atoms with Gasteiger partial charge in [-0.1, -0.05) is 6.07 Å². The molecule has 55 heavy (non-hydrogen) atoms. The summed E-state index contributed by atoms with van der Waals surface area (Å²) < 4.78 is 35.8. The van der Waals surface area contributed by atoms with Crippen LogP contribution in [0, 0.1) is 13.8 Å². The molecule has 2 unspecified atom stereocenters. The minimum Gasteiger partial charge on any atom is -0.504 e. The normalized spacial score (nSPS) is 30.3. The Bertz CT molecular complexity index is 2160. The Labute approximate surface area is 322 Å². The summed E-state index contributed by atoms with van der Waals surface area (Å²) in [5.74, 6) is 0.728. The first-order chi connectivity index (χ1) is 26.3. The lowest BCUT2D eigenvalue weighted by Crippen LogP contribution is -2.60. The summed E-state index contributed by atoms with van der Waals surface area (Å²) in [6.45, 7) is 8.40. The lowest BCUT2D eigenvalue weighted by Gasteiger charge is -2.51. The van der Waals surface area contributed by atoms with E-state index >= 15 is 0 Å². The number of hydrogen-bond acceptors (Lipinski definition) is 15. The van der Waals surface area contributed by atoms with Crippen molar-refractivity contribution in [2.45, 2.75) is 68.6 Å². The van der Waals surface area contributed by atoms with E-state index in [1.165, 1.54) is 32.9 Å². The number of methoxy groups -OCH3 is 2. The molecule has 0 aliphatic carbocycles. The molecule has 4 bridgehead atoms. The van der Waals surface area contributed by atoms with Crippen LogP contribution in [0.25, 0.3) is 0 Å². The fourth-order valence-corrected chi connectivity index (χ4v) is 11.6. The van der Waals surface area contributed by atoms with Crippen LogP contribution in [0.4, 0.5) is 0 Å². The van der Waals surface area contributed by atoms with Gasteiger partial charge in [-0.25, -0.2) is 4.79 Å². The Morgan fingerprint density at radius 2 is 1.80 bits per heavy atom. The molecule has 7 aliphatic heterocycles. The third-order valence-corrected chi connectivity index (χ3v) is 14.0. The maximum absolute atomic E-state index is 14.7. The van der Waals surface area contributed by atoms with E-state index in [0.29, 0.717) is 65.7 Å². The Kier molecular flexibility index (Phi) is 8.44. The summed E-state index contributed by atoms with van der Waals surface area (Å²) in [5.41, 5.74) is 2.96. The molecule has 4 N–H and O–H groups in total. The van der Waals surface area contributed by atoms with Gasteiger partial charge in [-0.15, -0.1) is 11.8 Å². The van der Waals surface area contributed by atoms with Crippen molar-refractivity contribution < 1.29 is 53.3 Å². The van der Waals surface area contributed by atoms with E-state index in [9.17, 15) is 24.9 Å². The molecule has 3 aromatic carbocycles. The minimum absolute atomic E-state index is 0.0102. The fraction of sp³-hybridized carbons (Fsp3) is 0.500. The molecular weight excluding hydrogens is 731 g/mol. The number of fused-ring (bicyclic) bond motifs is 10. The average Bonchev–Trinajstić information content (AvgIpc) is 3.77. The average molecular weight is 776 g/mol. The number of ether oxygens (including phenoxy) is 6. The number of hydrogen-bond donors (Lipinski definition) is 4. The second-order valence-electron chi connectivity index (χ2n) is 15.4. The highest BCUT2D eigenvalue weighted by Crippen LogP contribution is 2.61. The van der Waals surface area contributed by atoms with Gasteiger partial charge < -0.3 is 43.7 Å². The van der Waals surface area contributed by atoms with Crippen LogP contribution in [0.15, 0.2) is 18.2 Å². The number of phenolic OH excluding ortho intramolecular Hbond substituents is 2. The predicted octanol–water partition coefficient (Wildman–Crippen LogP) is 3.98. The minimum atomic E-state index is -1.50. The van der Waals surface area contributed by atoms with Gasteiger partial charge in [0.1, 0.15) is 18.1 Å². The smallest absolute Gasteiger partial charge is 0.331 e. The first-order valence-electron chi connectivity index (χ1n) is 18.5. The number of carbonyl (C=O) groups excluding carboxylic acids is 2. The van der Waals surface area contributed by atoms with E-state index in [-0.39, 0.29) is 49.0 Å². The second kappa shape index (κ2) is 12.8. The van der Waals surface area contributed by atoms with Gasteiger partial charge in [-0.3, -0.25) is 19.9 Å². The van der Waals surface area contributed by atoms with Crippen molar-refractivity contribution in [1.29, 1.82) is 0 Å². The summed E-state index contributed by atoms with van der Waals surface area (Å²) in [7, 11) is 3.00. The SMILES string of the molecule is COc1cc2c(cc1O)CCN[C@]21CS[C@H]2CN([C@@]3(O)CN4CC3c3cc(C)c(OC)c(O)c3[C@@H]4C)[C@@H](COC1=O)c1c3c(c(C)c(OC(C)=O)c12)OCO3. The standard InChI is InChI=1S/C40H45N3O11S/c1-18-9-23-25-12-42(20(3)30(23)33(46)34(18)50-6)15-40(25,48)43-13-29-32-31(37-36(52-17-53-37)19(2)35(32)54-21(4)44)26(43)14-51-38(47)39(16-55-29)24-11-28(49-5)27(45)10-22(24)7-8-41-39/h9-11,20,25-26,29,41,45-46,48H,7-8,12-17H2,1-6H3/t20-,25?,26-,29-,39+,40+/m0/s1. The Morgan fingerprint density at radius 1 is 1.02 bits per heavy atom. The quantitative estimate of drug-likeness (QED) is 0.222. The summed E-state index contributed by atoms with van der Waals surface area (Å²) in [6.07, 6.45) is 0.584. The molecule has 14 nitrogen and oxygen atoms in total. The van der Waals surface area contributed by atoms with Crippen molar-refractivity contribution in [3.8, 4) is 40.2 Å². The summed E-state index contributed by atoms with van der Waals surface area (Å²) in [5, 5.41) is 38.6. The van der Waals surface area contributed by atoms with Crippen LogP contribution in [0.5, 0.6) is 40.2 Å². The molecule has 0 radical (unpaired) electrons. The molecule has 0 saturated carbocycles. The predicted molar refractivity (Wildman–Crippen MR) is 199 cm³/mol. The van der Waals surface area contributed by atoms with Crippen molar-refractivity contribution in [2.75, 3.05) is 59.6 Å². The van der Waals surface area contributed by atoms with E-state index in [4.69, 9.17) is 28.4 Å². The van der Waals surface area contributed by atoms with Gasteiger partial charge >= 0.3 is 11.9 Å². The third-order valence-electron chi connectivity index (χ3n) is 12.6. The van der Waals surface area contributed by atoms with Gasteiger partial charge in [0.25, 0.3) is 0 Å². The maximum atomic E-state index is 14.7. The van der Waals surface area contributed by atoms with Crippen LogP contribution in [0.1, 0.15) is 81.6 Å². The van der Waals surface area contributed by atoms with E-state index in [1.807, 2.05) is 31.7 Å². The third kappa shape index (κ3) is 5.09. The number of aryl methyl sites for hydroxylation is 1. The van der Waals surface area contributed by atoms with Crippen molar-refractivity contribution in [3.63, 3.8) is 0 Å². The number of nitrogens with zero attached hydrogens (tertiary/aromatic N) is 2. The number of aromatic hydroxyl groups is 2. The zero-order chi connectivity index (χ0) is 38.7. The van der Waals surface area contributed by atoms with Gasteiger partial charge in [0.15, 0.2) is 40.0 Å². The Hall–Kier alpha value is -4.41. The number of esters is 2. The van der Waals surface area contributed by atoms with Crippen molar-refractivity contribution in [3.05, 3.63) is 62.7 Å². The molecule has 7 atom stereocenters. The number of benzene rings is 3. The Morgan fingerprint density at radius 3 is 2.55 bits per heavy atom. The van der Waals surface area contributed by atoms with Gasteiger partial charge in [0, 0.05) is 78.3 Å². The molecule has 7 aliphatic rings. The highest BCUT2D eigenvalue weighted by molar-refractivity contribution is 7.99. The van der Waals surface area contributed by atoms with Crippen molar-refractivity contribution >= 4 is 23.7 Å². The molecule has 2 saturated heterocycles. The largest absolute Gasteiger partial charge is 0.504 e. The Balaban J connectivity index is 1.23. The van der Waals surface area contributed by atoms with Gasteiger partial charge in [-0.05, 0) is 61.6 Å². The van der Waals surface area contributed by atoms with E-state index in [1.54, 1.807) is 12.1 Å². The second-order valence-corrected chi connectivity index (χ2v) is 16.6. The molecule has 1 spiro atoms. The molecule has 10 rings (SSSR count). The number of rotatable bonds is 4. The van der Waals surface area contributed by atoms with Crippen LogP contribution in [0.2, 0.25) is 0 Å². The van der Waals surface area contributed by atoms with Crippen LogP contribution >= 0.6 is 11.8 Å². The van der Waals surface area contributed by atoms with E-state index in [2.05, 4.69) is 10.2 Å². The number of aliphatic hydroxyl groups is 1. The van der Waals surface area contributed by atoms with Gasteiger partial charge in [0.2, 0.25) is 6.79 Å². The monoisotopic (exact) mass is 775 g/mol. The molecule has 292 valence electrons. The molecule has 3 aromatic rings. The topological polar surface area (TPSA) is 169 Å². The lowest BCUT2D eigenvalue weighted by molar-refractivity contribution is -0.166. The number of carbonyl (C=O) groups is 2. The molecule has 15 heteroatoms. The highest BCUT2D eigenvalue weighted by atomic mass is 32.2. The lowest BCUT2D eigenvalue weighted by atomic mass is 9.79. The van der Waals surface area contributed by atoms with Crippen LogP contribution < -0.4 is 29.0 Å². The van der Waals surface area contributed by atoms with Crippen LogP contribution in [-0.4, -0.2) is 102 Å². The first kappa shape index (κ1) is 36.2. The molecular formula is C40H45N3O11S. The number of nitrogens with one attached hydrogen (secondary N) is 1. The number of thioether (sulfide) groups is 1. The maximum Gasteiger partial charge on any atom is 0.331 e. The molecule has 2 fully saturated rings. The van der Waals surface area contributed by atoms with E-state index < -0.39 is 40.4 Å². The molecule has 0 aromatic heterocycles. The molecule has 7 heterocycles. The number of phenols is 2. The first-order valence-corrected chi connectivity index (χ1v) is 19.6. The summed E-state index contributed by atoms with van der Waals surface area (Å²) >= 11 is 1.49. The van der Waals surface area contributed by atoms with Gasteiger partial charge in [0.05, 0.1) is 20.3 Å². The van der Waals surface area contributed by atoms with Crippen LogP contribution in [0.3, 0.4) is 0 Å². The summed E-state index contributed by atoms with van der Waals surface area (Å²) in [4.78, 5) is 31.7. The van der Waals surface area contributed by atoms with Crippen molar-refractivity contribution in [2.24, 2.45) is 0 Å². The zero-order valence-corrected chi connectivity index (χ0v) is 32.4. The highest BCUT2D eigenvalue weighted by Gasteiger charge is 2.60. The van der Waals surface area contributed by atoms with Gasteiger partial charge in [-0.2, -0.15) is 0 Å². The molecule has 0 amide bonds. The van der Waals surface area contributed by atoms with E-state index in [0.717, 1.165) is 27.8 Å². The van der Waals surface area contributed by atoms with Crippen molar-refractivity contribution in [1.82, 2.24) is 15.1 Å². The summed E-state index contributed by atoms with van der Waals surface area (Å²) in [6, 6.07) is 4.36. The zero-order valence-electron chi connectivity index (χ0n) is 31.6.